The lowest BCUT2D eigenvalue weighted by Crippen LogP contribution is -2.56. The second kappa shape index (κ2) is 5.89. The molecule has 0 saturated carbocycles. The maximum Gasteiger partial charge on any atom is 0.329 e. The van der Waals surface area contributed by atoms with Crippen LogP contribution in [0.1, 0.15) is 39.5 Å². The molecule has 0 aromatic rings. The van der Waals surface area contributed by atoms with Crippen LogP contribution in [0.25, 0.3) is 0 Å². The molecule has 18 heavy (non-hydrogen) atoms. The van der Waals surface area contributed by atoms with Crippen LogP contribution in [0.2, 0.25) is 0 Å². The van der Waals surface area contributed by atoms with Crippen molar-refractivity contribution in [2.24, 2.45) is 0 Å². The van der Waals surface area contributed by atoms with Gasteiger partial charge in [0.25, 0.3) is 0 Å². The average Bonchev–Trinajstić information content (AvgIpc) is 2.71. The zero-order valence-corrected chi connectivity index (χ0v) is 11.2. The predicted molar refractivity (Wildman–Crippen MR) is 69.4 cm³/mol. The number of rotatable bonds is 5. The minimum atomic E-state index is -1.02. The first kappa shape index (κ1) is 14.5. The van der Waals surface area contributed by atoms with Crippen LogP contribution in [-0.4, -0.2) is 40.6 Å². The molecule has 2 N–H and O–H groups in total. The van der Waals surface area contributed by atoms with Gasteiger partial charge < -0.3 is 15.3 Å². The Morgan fingerprint density at radius 2 is 2.17 bits per heavy atom. The number of hydrogen-bond donors (Lipinski definition) is 2. The number of hydrogen-bond acceptors (Lipinski definition) is 2. The highest BCUT2D eigenvalue weighted by molar-refractivity contribution is 5.87. The number of carboxylic acid groups (broad SMARTS) is 1. The van der Waals surface area contributed by atoms with Gasteiger partial charge in [0.05, 0.1) is 0 Å². The van der Waals surface area contributed by atoms with Crippen LogP contribution in [-0.2, 0) is 4.79 Å². The number of carbonyl (C=O) groups is 2. The molecule has 5 heteroatoms. The van der Waals surface area contributed by atoms with Gasteiger partial charge in [-0.1, -0.05) is 25.5 Å². The van der Waals surface area contributed by atoms with Gasteiger partial charge in [0.2, 0.25) is 0 Å². The summed E-state index contributed by atoms with van der Waals surface area (Å²) in [6.45, 7) is 8.36. The van der Waals surface area contributed by atoms with Gasteiger partial charge in [0, 0.05) is 13.1 Å². The second-order valence-corrected chi connectivity index (χ2v) is 4.96. The third-order valence-electron chi connectivity index (χ3n) is 3.34. The molecule has 0 bridgehead atoms. The quantitative estimate of drug-likeness (QED) is 0.737. The van der Waals surface area contributed by atoms with Gasteiger partial charge in [0.1, 0.15) is 5.54 Å². The minimum Gasteiger partial charge on any atom is -0.479 e. The lowest BCUT2D eigenvalue weighted by molar-refractivity contribution is -0.148. The molecule has 5 nitrogen and oxygen atoms in total. The monoisotopic (exact) mass is 254 g/mol. The van der Waals surface area contributed by atoms with E-state index in [9.17, 15) is 14.7 Å². The molecule has 1 fully saturated rings. The lowest BCUT2D eigenvalue weighted by Gasteiger charge is -2.34. The first-order chi connectivity index (χ1) is 8.44. The maximum absolute atomic E-state index is 12.1. The first-order valence-electron chi connectivity index (χ1n) is 6.37. The molecular weight excluding hydrogens is 232 g/mol. The van der Waals surface area contributed by atoms with Gasteiger partial charge in [0.15, 0.2) is 0 Å². The summed E-state index contributed by atoms with van der Waals surface area (Å²) in [5, 5.41) is 12.2. The summed E-state index contributed by atoms with van der Waals surface area (Å²) in [7, 11) is 0. The SMILES string of the molecule is C=C(C)CNC(=O)N1CCCC1(CCC)C(=O)O. The van der Waals surface area contributed by atoms with Gasteiger partial charge in [-0.15, -0.1) is 0 Å². The fourth-order valence-electron chi connectivity index (χ4n) is 2.50. The van der Waals surface area contributed by atoms with Crippen molar-refractivity contribution >= 4 is 12.0 Å². The molecule has 1 rings (SSSR count). The van der Waals surface area contributed by atoms with Crippen molar-refractivity contribution in [1.82, 2.24) is 10.2 Å². The Morgan fingerprint density at radius 3 is 2.67 bits per heavy atom. The summed E-state index contributed by atoms with van der Waals surface area (Å²) in [5.74, 6) is -0.896. The Balaban J connectivity index is 2.81. The summed E-state index contributed by atoms with van der Waals surface area (Å²) in [6.07, 6.45) is 2.53. The van der Waals surface area contributed by atoms with E-state index in [1.807, 2.05) is 13.8 Å². The van der Waals surface area contributed by atoms with E-state index >= 15 is 0 Å². The third-order valence-corrected chi connectivity index (χ3v) is 3.34. The number of nitrogens with zero attached hydrogens (tertiary/aromatic N) is 1. The molecule has 1 unspecified atom stereocenters. The number of carboxylic acids is 1. The Hall–Kier alpha value is -1.52. The van der Waals surface area contributed by atoms with E-state index in [-0.39, 0.29) is 6.03 Å². The molecule has 0 aromatic heterocycles. The zero-order chi connectivity index (χ0) is 13.8. The third kappa shape index (κ3) is 2.83. The molecule has 0 aromatic carbocycles. The number of carbonyl (C=O) groups excluding carboxylic acids is 1. The summed E-state index contributed by atoms with van der Waals surface area (Å²) in [6, 6.07) is -0.300. The maximum atomic E-state index is 12.1. The number of urea groups is 1. The van der Waals surface area contributed by atoms with Crippen molar-refractivity contribution in [1.29, 1.82) is 0 Å². The second-order valence-electron chi connectivity index (χ2n) is 4.96. The van der Waals surface area contributed by atoms with E-state index in [1.165, 1.54) is 4.90 Å². The van der Waals surface area contributed by atoms with E-state index in [4.69, 9.17) is 0 Å². The van der Waals surface area contributed by atoms with Crippen LogP contribution in [0, 0.1) is 0 Å². The van der Waals surface area contributed by atoms with Crippen LogP contribution >= 0.6 is 0 Å². The molecule has 1 aliphatic heterocycles. The molecule has 102 valence electrons. The van der Waals surface area contributed by atoms with Crippen LogP contribution in [0.4, 0.5) is 4.79 Å². The summed E-state index contributed by atoms with van der Waals surface area (Å²) in [5.41, 5.74) is -0.174. The van der Waals surface area contributed by atoms with E-state index < -0.39 is 11.5 Å². The fourth-order valence-corrected chi connectivity index (χ4v) is 2.50. The standard InChI is InChI=1S/C13H22N2O3/c1-4-6-13(11(16)17)7-5-8-15(13)12(18)14-9-10(2)3/h2,4-9H2,1,3H3,(H,14,18)(H,16,17). The molecule has 0 radical (unpaired) electrons. The Labute approximate surface area is 108 Å². The molecule has 1 heterocycles. The molecule has 1 saturated heterocycles. The van der Waals surface area contributed by atoms with Crippen molar-refractivity contribution in [2.45, 2.75) is 45.1 Å². The summed E-state index contributed by atoms with van der Waals surface area (Å²) in [4.78, 5) is 25.1. The number of nitrogens with one attached hydrogen (secondary N) is 1. The fraction of sp³-hybridized carbons (Fsp3) is 0.692. The van der Waals surface area contributed by atoms with Gasteiger partial charge in [-0.05, 0) is 26.2 Å². The Morgan fingerprint density at radius 1 is 1.50 bits per heavy atom. The number of aliphatic carboxylic acids is 1. The number of likely N-dealkylation sites (tertiary alicyclic amines) is 1. The van der Waals surface area contributed by atoms with Gasteiger partial charge >= 0.3 is 12.0 Å². The van der Waals surface area contributed by atoms with E-state index in [1.54, 1.807) is 0 Å². The van der Waals surface area contributed by atoms with E-state index in [0.29, 0.717) is 25.9 Å². The molecule has 0 aliphatic carbocycles. The molecular formula is C13H22N2O3. The highest BCUT2D eigenvalue weighted by Crippen LogP contribution is 2.33. The highest BCUT2D eigenvalue weighted by Gasteiger charge is 2.49. The smallest absolute Gasteiger partial charge is 0.329 e. The van der Waals surface area contributed by atoms with Crippen molar-refractivity contribution in [3.8, 4) is 0 Å². The van der Waals surface area contributed by atoms with Gasteiger partial charge in [-0.25, -0.2) is 9.59 Å². The van der Waals surface area contributed by atoms with Crippen LogP contribution in [0.15, 0.2) is 12.2 Å². The first-order valence-corrected chi connectivity index (χ1v) is 6.37. The largest absolute Gasteiger partial charge is 0.479 e. The normalized spacial score (nSPS) is 22.9. The van der Waals surface area contributed by atoms with Gasteiger partial charge in [-0.3, -0.25) is 0 Å². The number of amides is 2. The van der Waals surface area contributed by atoms with E-state index in [2.05, 4.69) is 11.9 Å². The predicted octanol–water partition coefficient (Wildman–Crippen LogP) is 1.99. The van der Waals surface area contributed by atoms with Crippen molar-refractivity contribution < 1.29 is 14.7 Å². The van der Waals surface area contributed by atoms with Gasteiger partial charge in [-0.2, -0.15) is 0 Å². The van der Waals surface area contributed by atoms with Crippen LogP contribution < -0.4 is 5.32 Å². The molecule has 1 atom stereocenters. The summed E-state index contributed by atoms with van der Waals surface area (Å²) >= 11 is 0. The molecule has 1 aliphatic rings. The minimum absolute atomic E-state index is 0.300. The summed E-state index contributed by atoms with van der Waals surface area (Å²) < 4.78 is 0. The molecule has 2 amide bonds. The van der Waals surface area contributed by atoms with Crippen LogP contribution in [0.5, 0.6) is 0 Å². The van der Waals surface area contributed by atoms with E-state index in [0.717, 1.165) is 18.4 Å². The van der Waals surface area contributed by atoms with Crippen molar-refractivity contribution in [2.75, 3.05) is 13.1 Å². The van der Waals surface area contributed by atoms with Crippen molar-refractivity contribution in [3.63, 3.8) is 0 Å². The Kier molecular flexibility index (Phi) is 4.76. The lowest BCUT2D eigenvalue weighted by atomic mass is 9.91. The zero-order valence-electron chi connectivity index (χ0n) is 11.2. The molecule has 0 spiro atoms. The average molecular weight is 254 g/mol. The topological polar surface area (TPSA) is 69.6 Å². The Bertz CT molecular complexity index is 354. The van der Waals surface area contributed by atoms with Crippen LogP contribution in [0.3, 0.4) is 0 Å². The van der Waals surface area contributed by atoms with Crippen molar-refractivity contribution in [3.05, 3.63) is 12.2 Å². The highest BCUT2D eigenvalue weighted by atomic mass is 16.4.